The van der Waals surface area contributed by atoms with Crippen molar-refractivity contribution in [3.05, 3.63) is 88.6 Å². The molecule has 1 fully saturated rings. The van der Waals surface area contributed by atoms with Gasteiger partial charge in [0, 0.05) is 12.1 Å². The highest BCUT2D eigenvalue weighted by Gasteiger charge is 2.47. The van der Waals surface area contributed by atoms with Gasteiger partial charge in [0.2, 0.25) is 0 Å². The van der Waals surface area contributed by atoms with Crippen LogP contribution >= 0.6 is 0 Å². The van der Waals surface area contributed by atoms with Crippen molar-refractivity contribution in [1.29, 1.82) is 0 Å². The third-order valence-electron chi connectivity index (χ3n) is 5.94. The molecule has 3 heterocycles. The van der Waals surface area contributed by atoms with Gasteiger partial charge < -0.3 is 23.9 Å². The van der Waals surface area contributed by atoms with Gasteiger partial charge in [-0.1, -0.05) is 12.1 Å². The van der Waals surface area contributed by atoms with Crippen molar-refractivity contribution in [3.8, 4) is 11.5 Å². The first kappa shape index (κ1) is 21.8. The summed E-state index contributed by atoms with van der Waals surface area (Å²) in [5.41, 5.74) is 1.08. The van der Waals surface area contributed by atoms with Gasteiger partial charge in [0.1, 0.15) is 42.4 Å². The minimum atomic E-state index is -0.901. The number of aliphatic hydroxyl groups is 1. The Morgan fingerprint density at radius 3 is 2.47 bits per heavy atom. The third kappa shape index (κ3) is 3.91. The fraction of sp³-hybridized carbons (Fsp3) is 0.231. The molecule has 1 amide bonds. The predicted molar refractivity (Wildman–Crippen MR) is 120 cm³/mol. The Bertz CT molecular complexity index is 1290. The molecule has 1 unspecified atom stereocenters. The first-order chi connectivity index (χ1) is 16.4. The first-order valence-electron chi connectivity index (χ1n) is 10.9. The van der Waals surface area contributed by atoms with Crippen LogP contribution in [0, 0.1) is 12.7 Å². The second kappa shape index (κ2) is 8.70. The lowest BCUT2D eigenvalue weighted by Crippen LogP contribution is -2.31. The molecule has 0 bridgehead atoms. The highest BCUT2D eigenvalue weighted by Crippen LogP contribution is 2.41. The minimum Gasteiger partial charge on any atom is -0.507 e. The lowest BCUT2D eigenvalue weighted by Gasteiger charge is -2.23. The Labute approximate surface area is 195 Å². The molecule has 1 aromatic heterocycles. The van der Waals surface area contributed by atoms with E-state index in [0.717, 1.165) is 5.56 Å². The number of halogens is 1. The molecule has 7 nitrogen and oxygen atoms in total. The number of Topliss-reactive ketones (excluding diaryl/α,β-unsaturated/α-hetero) is 1. The molecule has 34 heavy (non-hydrogen) atoms. The van der Waals surface area contributed by atoms with E-state index in [1.807, 2.05) is 0 Å². The van der Waals surface area contributed by atoms with Gasteiger partial charge in [-0.25, -0.2) is 4.39 Å². The summed E-state index contributed by atoms with van der Waals surface area (Å²) in [6.45, 7) is 2.74. The number of benzene rings is 2. The maximum Gasteiger partial charge on any atom is 0.295 e. The zero-order valence-electron chi connectivity index (χ0n) is 18.4. The molecule has 0 radical (unpaired) electrons. The number of rotatable bonds is 5. The van der Waals surface area contributed by atoms with Crippen molar-refractivity contribution in [2.75, 3.05) is 19.8 Å². The van der Waals surface area contributed by atoms with E-state index in [9.17, 15) is 19.1 Å². The number of amides is 1. The van der Waals surface area contributed by atoms with Gasteiger partial charge in [-0.15, -0.1) is 0 Å². The van der Waals surface area contributed by atoms with Crippen molar-refractivity contribution in [2.45, 2.75) is 19.4 Å². The number of furan rings is 1. The monoisotopic (exact) mass is 463 g/mol. The Kier molecular flexibility index (Phi) is 5.57. The van der Waals surface area contributed by atoms with E-state index in [0.29, 0.717) is 48.2 Å². The lowest BCUT2D eigenvalue weighted by molar-refractivity contribution is -0.140. The lowest BCUT2D eigenvalue weighted by atomic mass is 9.99. The van der Waals surface area contributed by atoms with Crippen LogP contribution in [-0.2, 0) is 16.0 Å². The zero-order chi connectivity index (χ0) is 23.8. The van der Waals surface area contributed by atoms with Crippen molar-refractivity contribution in [2.24, 2.45) is 0 Å². The molecule has 3 aromatic rings. The Morgan fingerprint density at radius 1 is 1.03 bits per heavy atom. The molecule has 2 aromatic carbocycles. The summed E-state index contributed by atoms with van der Waals surface area (Å²) >= 11 is 0. The molecule has 0 spiro atoms. The smallest absolute Gasteiger partial charge is 0.295 e. The molecule has 174 valence electrons. The highest BCUT2D eigenvalue weighted by molar-refractivity contribution is 6.46. The number of hydrogen-bond donors (Lipinski definition) is 1. The standard InChI is InChI=1S/C26H22FNO6/c1-15-2-8-20(34-15)23-22(24(29)17-5-9-19-21(14-17)33-13-12-32-19)25(30)26(31)28(23)11-10-16-3-6-18(27)7-4-16/h2-9,14,23,29H,10-13H2,1H3/b24-22-. The normalized spacial score (nSPS) is 19.0. The van der Waals surface area contributed by atoms with E-state index in [4.69, 9.17) is 13.9 Å². The summed E-state index contributed by atoms with van der Waals surface area (Å²) in [7, 11) is 0. The van der Waals surface area contributed by atoms with Gasteiger partial charge in [0.15, 0.2) is 11.5 Å². The van der Waals surface area contributed by atoms with E-state index in [1.54, 1.807) is 49.4 Å². The number of aryl methyl sites for hydroxylation is 1. The second-order valence-corrected chi connectivity index (χ2v) is 8.18. The Hall–Kier alpha value is -4.07. The van der Waals surface area contributed by atoms with Crippen LogP contribution in [0.5, 0.6) is 11.5 Å². The zero-order valence-corrected chi connectivity index (χ0v) is 18.4. The van der Waals surface area contributed by atoms with E-state index in [-0.39, 0.29) is 23.7 Å². The van der Waals surface area contributed by atoms with Gasteiger partial charge >= 0.3 is 0 Å². The van der Waals surface area contributed by atoms with Gasteiger partial charge in [0.25, 0.3) is 11.7 Å². The van der Waals surface area contributed by atoms with Crippen molar-refractivity contribution < 1.29 is 33.0 Å². The minimum absolute atomic E-state index is 0.0601. The molecule has 1 atom stereocenters. The summed E-state index contributed by atoms with van der Waals surface area (Å²) < 4.78 is 30.2. The maximum absolute atomic E-state index is 13.3. The maximum atomic E-state index is 13.3. The van der Waals surface area contributed by atoms with Crippen LogP contribution in [0.15, 0.2) is 64.6 Å². The number of hydrogen-bond acceptors (Lipinski definition) is 6. The molecular weight excluding hydrogens is 441 g/mol. The average molecular weight is 463 g/mol. The van der Waals surface area contributed by atoms with Crippen LogP contribution in [0.25, 0.3) is 5.76 Å². The summed E-state index contributed by atoms with van der Waals surface area (Å²) in [6.07, 6.45) is 0.396. The number of ether oxygens (including phenoxy) is 2. The quantitative estimate of drug-likeness (QED) is 0.347. The fourth-order valence-electron chi connectivity index (χ4n) is 4.25. The van der Waals surface area contributed by atoms with Crippen LogP contribution in [0.2, 0.25) is 0 Å². The van der Waals surface area contributed by atoms with Crippen LogP contribution in [0.1, 0.15) is 28.7 Å². The summed E-state index contributed by atoms with van der Waals surface area (Å²) in [5.74, 6) is -0.237. The summed E-state index contributed by atoms with van der Waals surface area (Å²) in [5, 5.41) is 11.2. The number of aliphatic hydroxyl groups excluding tert-OH is 1. The third-order valence-corrected chi connectivity index (χ3v) is 5.94. The topological polar surface area (TPSA) is 89.2 Å². The van der Waals surface area contributed by atoms with Crippen LogP contribution in [0.3, 0.4) is 0 Å². The molecule has 2 aliphatic rings. The Balaban J connectivity index is 1.54. The number of carbonyl (C=O) groups is 2. The van der Waals surface area contributed by atoms with Crippen molar-refractivity contribution in [1.82, 2.24) is 4.90 Å². The average Bonchev–Trinajstić information content (AvgIpc) is 3.38. The summed E-state index contributed by atoms with van der Waals surface area (Å²) in [6, 6.07) is 13.3. The predicted octanol–water partition coefficient (Wildman–Crippen LogP) is 4.16. The van der Waals surface area contributed by atoms with Crippen LogP contribution < -0.4 is 9.47 Å². The molecular formula is C26H22FNO6. The van der Waals surface area contributed by atoms with Gasteiger partial charge in [-0.05, 0) is 61.4 Å². The van der Waals surface area contributed by atoms with E-state index in [1.165, 1.54) is 17.0 Å². The second-order valence-electron chi connectivity index (χ2n) is 8.18. The summed E-state index contributed by atoms with van der Waals surface area (Å²) in [4.78, 5) is 27.5. The van der Waals surface area contributed by atoms with E-state index >= 15 is 0 Å². The van der Waals surface area contributed by atoms with Gasteiger partial charge in [-0.3, -0.25) is 9.59 Å². The number of ketones is 1. The first-order valence-corrected chi connectivity index (χ1v) is 10.9. The highest BCUT2D eigenvalue weighted by atomic mass is 19.1. The number of likely N-dealkylation sites (tertiary alicyclic amines) is 1. The van der Waals surface area contributed by atoms with Crippen LogP contribution in [-0.4, -0.2) is 41.5 Å². The number of fused-ring (bicyclic) bond motifs is 1. The van der Waals surface area contributed by atoms with Gasteiger partial charge in [-0.2, -0.15) is 0 Å². The molecule has 1 N–H and O–H groups in total. The van der Waals surface area contributed by atoms with E-state index in [2.05, 4.69) is 0 Å². The largest absolute Gasteiger partial charge is 0.507 e. The number of carbonyl (C=O) groups excluding carboxylic acids is 2. The molecule has 2 aliphatic heterocycles. The number of nitrogens with zero attached hydrogens (tertiary/aromatic N) is 1. The van der Waals surface area contributed by atoms with Crippen LogP contribution in [0.4, 0.5) is 4.39 Å². The molecule has 5 rings (SSSR count). The molecule has 1 saturated heterocycles. The molecule has 8 heteroatoms. The van der Waals surface area contributed by atoms with E-state index < -0.39 is 17.7 Å². The fourth-order valence-corrected chi connectivity index (χ4v) is 4.25. The SMILES string of the molecule is Cc1ccc(C2/C(=C(/O)c3ccc4c(c3)OCCO4)C(=O)C(=O)N2CCc2ccc(F)cc2)o1. The van der Waals surface area contributed by atoms with Gasteiger partial charge in [0.05, 0.1) is 5.57 Å². The Morgan fingerprint density at radius 2 is 1.76 bits per heavy atom. The van der Waals surface area contributed by atoms with Crippen molar-refractivity contribution in [3.63, 3.8) is 0 Å². The molecule has 0 aliphatic carbocycles. The molecule has 0 saturated carbocycles. The van der Waals surface area contributed by atoms with Crippen molar-refractivity contribution >= 4 is 17.4 Å².